The molecule has 0 spiro atoms. The number of aliphatic hydroxyl groups excluding tert-OH is 1. The average Bonchev–Trinajstić information content (AvgIpc) is 2.66. The molecule has 0 fully saturated rings. The number of quaternary nitrogens is 1. The van der Waals surface area contributed by atoms with Gasteiger partial charge in [0.15, 0.2) is 5.43 Å². The Kier molecular flexibility index (Phi) is 7.85. The van der Waals surface area contributed by atoms with Gasteiger partial charge in [-0.2, -0.15) is 0 Å². The fourth-order valence-electron chi connectivity index (χ4n) is 2.97. The molecule has 0 saturated heterocycles. The first-order valence-corrected chi connectivity index (χ1v) is 9.53. The highest BCUT2D eigenvalue weighted by molar-refractivity contribution is 5.80. The molecule has 1 atom stereocenters. The Morgan fingerprint density at radius 1 is 1.07 bits per heavy atom. The maximum atomic E-state index is 12.4. The molecule has 3 rings (SSSR count). The van der Waals surface area contributed by atoms with Gasteiger partial charge in [0.05, 0.1) is 25.5 Å². The van der Waals surface area contributed by atoms with Crippen molar-refractivity contribution in [2.45, 2.75) is 26.0 Å². The van der Waals surface area contributed by atoms with E-state index in [9.17, 15) is 9.90 Å². The second-order valence-electron chi connectivity index (χ2n) is 8.02. The van der Waals surface area contributed by atoms with Gasteiger partial charge in [0, 0.05) is 17.7 Å². The summed E-state index contributed by atoms with van der Waals surface area (Å²) in [6, 6.07) is 16.6. The van der Waals surface area contributed by atoms with Gasteiger partial charge >= 0.3 is 0 Å². The first kappa shape index (κ1) is 23.4. The predicted molar refractivity (Wildman–Crippen MR) is 112 cm³/mol. The molecule has 156 valence electrons. The third-order valence-electron chi connectivity index (χ3n) is 5.28. The number of ether oxygens (including phenoxy) is 1. The van der Waals surface area contributed by atoms with Crippen LogP contribution in [0.2, 0.25) is 0 Å². The van der Waals surface area contributed by atoms with Gasteiger partial charge in [-0.1, -0.05) is 30.3 Å². The van der Waals surface area contributed by atoms with E-state index < -0.39 is 6.10 Å². The smallest absolute Gasteiger partial charge is 0.193 e. The number of nitrogens with zero attached hydrogens (tertiary/aromatic N) is 1. The number of halogens is 1. The lowest BCUT2D eigenvalue weighted by atomic mass is 10.1. The summed E-state index contributed by atoms with van der Waals surface area (Å²) in [7, 11) is 4.17. The number of fused-ring (bicyclic) bond motifs is 1. The minimum atomic E-state index is -0.587. The zero-order valence-electron chi connectivity index (χ0n) is 17.3. The quantitative estimate of drug-likeness (QED) is 0.376. The molecule has 0 aliphatic rings. The van der Waals surface area contributed by atoms with Crippen molar-refractivity contribution in [3.8, 4) is 17.1 Å². The lowest BCUT2D eigenvalue weighted by molar-refractivity contribution is -0.914. The van der Waals surface area contributed by atoms with E-state index in [1.807, 2.05) is 30.3 Å². The molecule has 1 heterocycles. The molecule has 0 aliphatic heterocycles. The summed E-state index contributed by atoms with van der Waals surface area (Å²) in [5.41, 5.74) is 1.22. The van der Waals surface area contributed by atoms with E-state index >= 15 is 0 Å². The van der Waals surface area contributed by atoms with Crippen LogP contribution in [0.5, 0.6) is 5.75 Å². The molecule has 6 heteroatoms. The summed E-state index contributed by atoms with van der Waals surface area (Å²) in [6.07, 6.45) is -0.587. The Morgan fingerprint density at radius 2 is 1.76 bits per heavy atom. The molecule has 0 radical (unpaired) electrons. The molecule has 2 aromatic carbocycles. The molecule has 29 heavy (non-hydrogen) atoms. The molecule has 0 bridgehead atoms. The van der Waals surface area contributed by atoms with Gasteiger partial charge in [-0.3, -0.25) is 4.79 Å². The first-order chi connectivity index (χ1) is 13.3. The van der Waals surface area contributed by atoms with Crippen LogP contribution >= 0.6 is 0 Å². The van der Waals surface area contributed by atoms with Crippen molar-refractivity contribution in [1.82, 2.24) is 0 Å². The van der Waals surface area contributed by atoms with Crippen LogP contribution in [0.25, 0.3) is 22.3 Å². The second-order valence-corrected chi connectivity index (χ2v) is 8.02. The Morgan fingerprint density at radius 3 is 2.41 bits per heavy atom. The number of aliphatic hydroxyl groups is 1. The first-order valence-electron chi connectivity index (χ1n) is 9.53. The van der Waals surface area contributed by atoms with Crippen molar-refractivity contribution in [3.05, 3.63) is 64.8 Å². The lowest BCUT2D eigenvalue weighted by Crippen LogP contribution is -3.00. The van der Waals surface area contributed by atoms with Gasteiger partial charge in [0.2, 0.25) is 0 Å². The summed E-state index contributed by atoms with van der Waals surface area (Å²) in [6.45, 7) is 5.04. The minimum Gasteiger partial charge on any atom is -1.00 e. The second kappa shape index (κ2) is 9.73. The van der Waals surface area contributed by atoms with Crippen molar-refractivity contribution in [1.29, 1.82) is 0 Å². The summed E-state index contributed by atoms with van der Waals surface area (Å²) in [5, 5.41) is 10.8. The SMILES string of the molecule is CC(C)[N+](C)(C)CC(O)COc1ccc2c(=O)cc(-c3ccccc3)oc2c1.[I-]. The van der Waals surface area contributed by atoms with Gasteiger partial charge in [0.25, 0.3) is 0 Å². The van der Waals surface area contributed by atoms with E-state index in [1.165, 1.54) is 6.07 Å². The normalized spacial score (nSPS) is 12.6. The molecule has 0 aliphatic carbocycles. The average molecular weight is 509 g/mol. The Labute approximate surface area is 188 Å². The van der Waals surface area contributed by atoms with E-state index in [-0.39, 0.29) is 36.0 Å². The predicted octanol–water partition coefficient (Wildman–Crippen LogP) is 0.688. The number of hydrogen-bond acceptors (Lipinski definition) is 4. The summed E-state index contributed by atoms with van der Waals surface area (Å²) >= 11 is 0. The monoisotopic (exact) mass is 509 g/mol. The van der Waals surface area contributed by atoms with Gasteiger partial charge in [0.1, 0.15) is 36.3 Å². The largest absolute Gasteiger partial charge is 1.00 e. The highest BCUT2D eigenvalue weighted by Crippen LogP contribution is 2.25. The van der Waals surface area contributed by atoms with Crippen LogP contribution in [0.15, 0.2) is 63.8 Å². The molecule has 1 unspecified atom stereocenters. The van der Waals surface area contributed by atoms with Crippen LogP contribution in [-0.2, 0) is 0 Å². The standard InChI is InChI=1S/C23H28NO4.HI/c1-16(2)24(3,4)14-18(25)15-27-19-10-11-20-21(26)13-22(28-23(20)12-19)17-8-6-5-7-9-17;/h5-13,16,18,25H,14-15H2,1-4H3;1H/q+1;/p-1. The summed E-state index contributed by atoms with van der Waals surface area (Å²) in [5.74, 6) is 1.08. The maximum Gasteiger partial charge on any atom is 0.193 e. The van der Waals surface area contributed by atoms with E-state index in [2.05, 4.69) is 27.9 Å². The molecule has 1 N–H and O–H groups in total. The molecule has 3 aromatic rings. The van der Waals surface area contributed by atoms with Crippen LogP contribution < -0.4 is 34.1 Å². The Balaban J connectivity index is 0.00000300. The summed E-state index contributed by atoms with van der Waals surface area (Å²) in [4.78, 5) is 12.4. The fraction of sp³-hybridized carbons (Fsp3) is 0.348. The Bertz CT molecular complexity index is 999. The lowest BCUT2D eigenvalue weighted by Gasteiger charge is -2.35. The van der Waals surface area contributed by atoms with Crippen LogP contribution in [0.1, 0.15) is 13.8 Å². The van der Waals surface area contributed by atoms with Crippen LogP contribution in [0, 0.1) is 0 Å². The van der Waals surface area contributed by atoms with E-state index in [4.69, 9.17) is 9.15 Å². The topological polar surface area (TPSA) is 59.7 Å². The van der Waals surface area contributed by atoms with Crippen LogP contribution in [-0.4, -0.2) is 49.0 Å². The van der Waals surface area contributed by atoms with Gasteiger partial charge in [-0.25, -0.2) is 0 Å². The third kappa shape index (κ3) is 5.81. The van der Waals surface area contributed by atoms with Crippen molar-refractivity contribution < 1.29 is 42.7 Å². The van der Waals surface area contributed by atoms with Crippen LogP contribution in [0.4, 0.5) is 0 Å². The number of hydrogen-bond donors (Lipinski definition) is 1. The fourth-order valence-corrected chi connectivity index (χ4v) is 2.97. The zero-order chi connectivity index (χ0) is 20.3. The van der Waals surface area contributed by atoms with Gasteiger partial charge in [-0.05, 0) is 26.0 Å². The van der Waals surface area contributed by atoms with Gasteiger partial charge in [-0.15, -0.1) is 0 Å². The highest BCUT2D eigenvalue weighted by Gasteiger charge is 2.24. The molecule has 0 saturated carbocycles. The zero-order valence-corrected chi connectivity index (χ0v) is 19.4. The maximum absolute atomic E-state index is 12.4. The molecular formula is C23H28INO4. The number of benzene rings is 2. The molecule has 0 amide bonds. The van der Waals surface area contributed by atoms with Crippen molar-refractivity contribution in [3.63, 3.8) is 0 Å². The molecular weight excluding hydrogens is 481 g/mol. The van der Waals surface area contributed by atoms with E-state index in [0.717, 1.165) is 5.56 Å². The molecule has 5 nitrogen and oxygen atoms in total. The Hall–Kier alpha value is -1.90. The van der Waals surface area contributed by atoms with Crippen molar-refractivity contribution >= 4 is 11.0 Å². The van der Waals surface area contributed by atoms with Gasteiger partial charge < -0.3 is 42.7 Å². The van der Waals surface area contributed by atoms with Crippen molar-refractivity contribution in [2.75, 3.05) is 27.2 Å². The van der Waals surface area contributed by atoms with Crippen molar-refractivity contribution in [2.24, 2.45) is 0 Å². The summed E-state index contributed by atoms with van der Waals surface area (Å²) < 4.78 is 12.4. The van der Waals surface area contributed by atoms with E-state index in [0.29, 0.717) is 39.5 Å². The number of likely N-dealkylation sites (N-methyl/N-ethyl adjacent to an activating group) is 1. The third-order valence-corrected chi connectivity index (χ3v) is 5.28. The highest BCUT2D eigenvalue weighted by atomic mass is 127. The van der Waals surface area contributed by atoms with Crippen LogP contribution in [0.3, 0.4) is 0 Å². The van der Waals surface area contributed by atoms with E-state index in [1.54, 1.807) is 18.2 Å². The molecule has 1 aromatic heterocycles. The minimum absolute atomic E-state index is 0. The number of rotatable bonds is 7.